The number of carbonyl (C=O) groups is 3. The molecule has 6 heteroatoms. The molecule has 2 N–H and O–H groups in total. The molecule has 1 heterocycles. The van der Waals surface area contributed by atoms with Crippen molar-refractivity contribution in [3.8, 4) is 0 Å². The van der Waals surface area contributed by atoms with Gasteiger partial charge in [-0.15, -0.1) is 0 Å². The molecule has 2 rings (SSSR count). The van der Waals surface area contributed by atoms with Crippen LogP contribution in [0.15, 0.2) is 24.3 Å². The zero-order valence-electron chi connectivity index (χ0n) is 15.9. The molecular weight excluding hydrogens is 330 g/mol. The molecule has 1 fully saturated rings. The lowest BCUT2D eigenvalue weighted by Crippen LogP contribution is -2.44. The van der Waals surface area contributed by atoms with E-state index in [1.807, 2.05) is 13.8 Å². The van der Waals surface area contributed by atoms with E-state index in [0.29, 0.717) is 43.6 Å². The van der Waals surface area contributed by atoms with Gasteiger partial charge in [0.2, 0.25) is 11.8 Å². The SMILES string of the molecule is CCC(=O)Nc1ccc(C(=O)N2CCC(C(=O)N[C@H](C)CC)CC2)cc1. The third-order valence-corrected chi connectivity index (χ3v) is 4.89. The second-order valence-corrected chi connectivity index (χ2v) is 6.86. The van der Waals surface area contributed by atoms with Crippen molar-refractivity contribution in [3.05, 3.63) is 29.8 Å². The fraction of sp³-hybridized carbons (Fsp3) is 0.550. The molecule has 0 aromatic heterocycles. The Morgan fingerprint density at radius 2 is 1.73 bits per heavy atom. The summed E-state index contributed by atoms with van der Waals surface area (Å²) in [5.41, 5.74) is 1.29. The molecule has 1 aromatic carbocycles. The fourth-order valence-electron chi connectivity index (χ4n) is 2.94. The van der Waals surface area contributed by atoms with Crippen molar-refractivity contribution >= 4 is 23.4 Å². The van der Waals surface area contributed by atoms with Crippen LogP contribution in [0.5, 0.6) is 0 Å². The van der Waals surface area contributed by atoms with Crippen molar-refractivity contribution < 1.29 is 14.4 Å². The average molecular weight is 359 g/mol. The summed E-state index contributed by atoms with van der Waals surface area (Å²) in [4.78, 5) is 38.0. The number of nitrogens with one attached hydrogen (secondary N) is 2. The molecule has 0 aliphatic carbocycles. The highest BCUT2D eigenvalue weighted by Crippen LogP contribution is 2.20. The van der Waals surface area contributed by atoms with E-state index in [2.05, 4.69) is 10.6 Å². The molecule has 1 saturated heterocycles. The smallest absolute Gasteiger partial charge is 0.253 e. The van der Waals surface area contributed by atoms with Gasteiger partial charge in [0, 0.05) is 42.7 Å². The van der Waals surface area contributed by atoms with Gasteiger partial charge in [-0.25, -0.2) is 0 Å². The van der Waals surface area contributed by atoms with Gasteiger partial charge in [-0.1, -0.05) is 13.8 Å². The summed E-state index contributed by atoms with van der Waals surface area (Å²) in [5, 5.41) is 5.79. The molecule has 0 radical (unpaired) electrons. The van der Waals surface area contributed by atoms with Crippen LogP contribution in [0.2, 0.25) is 0 Å². The lowest BCUT2D eigenvalue weighted by molar-refractivity contribution is -0.127. The van der Waals surface area contributed by atoms with Gasteiger partial charge in [-0.3, -0.25) is 14.4 Å². The maximum atomic E-state index is 12.6. The number of anilines is 1. The Labute approximate surface area is 155 Å². The lowest BCUT2D eigenvalue weighted by atomic mass is 9.95. The minimum absolute atomic E-state index is 0.0142. The van der Waals surface area contributed by atoms with Crippen molar-refractivity contribution in [3.63, 3.8) is 0 Å². The summed E-state index contributed by atoms with van der Waals surface area (Å²) in [5.74, 6) is 0.00289. The Balaban J connectivity index is 1.88. The molecule has 26 heavy (non-hydrogen) atoms. The zero-order chi connectivity index (χ0) is 19.1. The quantitative estimate of drug-likeness (QED) is 0.820. The molecule has 1 aromatic rings. The minimum atomic E-state index is -0.0539. The number of amides is 3. The average Bonchev–Trinajstić information content (AvgIpc) is 2.67. The molecule has 6 nitrogen and oxygen atoms in total. The number of benzene rings is 1. The van der Waals surface area contributed by atoms with Crippen LogP contribution >= 0.6 is 0 Å². The number of likely N-dealkylation sites (tertiary alicyclic amines) is 1. The molecule has 0 bridgehead atoms. The normalized spacial score (nSPS) is 16.0. The fourth-order valence-corrected chi connectivity index (χ4v) is 2.94. The van der Waals surface area contributed by atoms with Gasteiger partial charge in [0.05, 0.1) is 0 Å². The number of nitrogens with zero attached hydrogens (tertiary/aromatic N) is 1. The number of hydrogen-bond acceptors (Lipinski definition) is 3. The summed E-state index contributed by atoms with van der Waals surface area (Å²) < 4.78 is 0. The first-order valence-corrected chi connectivity index (χ1v) is 9.44. The highest BCUT2D eigenvalue weighted by atomic mass is 16.2. The van der Waals surface area contributed by atoms with E-state index in [9.17, 15) is 14.4 Å². The number of rotatable bonds is 6. The van der Waals surface area contributed by atoms with Gasteiger partial charge in [0.25, 0.3) is 5.91 Å². The number of hydrogen-bond donors (Lipinski definition) is 2. The van der Waals surface area contributed by atoms with Crippen molar-refractivity contribution in [2.45, 2.75) is 52.5 Å². The third kappa shape index (κ3) is 5.31. The predicted octanol–water partition coefficient (Wildman–Crippen LogP) is 2.80. The van der Waals surface area contributed by atoms with Crippen molar-refractivity contribution in [1.82, 2.24) is 10.2 Å². The molecule has 1 atom stereocenters. The van der Waals surface area contributed by atoms with E-state index in [0.717, 1.165) is 6.42 Å². The minimum Gasteiger partial charge on any atom is -0.353 e. The largest absolute Gasteiger partial charge is 0.353 e. The van der Waals surface area contributed by atoms with E-state index < -0.39 is 0 Å². The Morgan fingerprint density at radius 1 is 1.12 bits per heavy atom. The van der Waals surface area contributed by atoms with E-state index >= 15 is 0 Å². The van der Waals surface area contributed by atoms with Crippen LogP contribution in [0.25, 0.3) is 0 Å². The molecule has 142 valence electrons. The maximum Gasteiger partial charge on any atom is 0.253 e. The summed E-state index contributed by atoms with van der Waals surface area (Å²) in [7, 11) is 0. The van der Waals surface area contributed by atoms with Crippen LogP contribution in [-0.4, -0.2) is 41.8 Å². The molecule has 0 unspecified atom stereocenters. The Bertz CT molecular complexity index is 634. The first-order valence-electron chi connectivity index (χ1n) is 9.44. The van der Waals surface area contributed by atoms with Crippen molar-refractivity contribution in [1.29, 1.82) is 0 Å². The van der Waals surface area contributed by atoms with Crippen LogP contribution in [0.4, 0.5) is 5.69 Å². The van der Waals surface area contributed by atoms with Crippen molar-refractivity contribution in [2.75, 3.05) is 18.4 Å². The third-order valence-electron chi connectivity index (χ3n) is 4.89. The lowest BCUT2D eigenvalue weighted by Gasteiger charge is -2.32. The highest BCUT2D eigenvalue weighted by molar-refractivity contribution is 5.96. The summed E-state index contributed by atoms with van der Waals surface area (Å²) >= 11 is 0. The van der Waals surface area contributed by atoms with Crippen LogP contribution in [0, 0.1) is 5.92 Å². The Kier molecular flexibility index (Phi) is 7.18. The van der Waals surface area contributed by atoms with Gasteiger partial charge >= 0.3 is 0 Å². The number of carbonyl (C=O) groups excluding carboxylic acids is 3. The molecule has 0 spiro atoms. The maximum absolute atomic E-state index is 12.6. The second kappa shape index (κ2) is 9.36. The Hall–Kier alpha value is -2.37. The van der Waals surface area contributed by atoms with Gasteiger partial charge in [-0.05, 0) is 50.5 Å². The van der Waals surface area contributed by atoms with Crippen LogP contribution in [-0.2, 0) is 9.59 Å². The van der Waals surface area contributed by atoms with Crippen molar-refractivity contribution in [2.24, 2.45) is 5.92 Å². The van der Waals surface area contributed by atoms with Gasteiger partial charge < -0.3 is 15.5 Å². The van der Waals surface area contributed by atoms with Gasteiger partial charge in [0.1, 0.15) is 0 Å². The predicted molar refractivity (Wildman–Crippen MR) is 102 cm³/mol. The Morgan fingerprint density at radius 3 is 2.27 bits per heavy atom. The molecule has 1 aliphatic heterocycles. The highest BCUT2D eigenvalue weighted by Gasteiger charge is 2.28. The van der Waals surface area contributed by atoms with E-state index in [1.54, 1.807) is 36.1 Å². The van der Waals surface area contributed by atoms with Gasteiger partial charge in [0.15, 0.2) is 0 Å². The second-order valence-electron chi connectivity index (χ2n) is 6.86. The van der Waals surface area contributed by atoms with Crippen LogP contribution in [0.1, 0.15) is 56.8 Å². The molecule has 0 saturated carbocycles. The van der Waals surface area contributed by atoms with E-state index in [-0.39, 0.29) is 29.7 Å². The first kappa shape index (κ1) is 19.9. The molecular formula is C20H29N3O3. The zero-order valence-corrected chi connectivity index (χ0v) is 15.9. The van der Waals surface area contributed by atoms with Gasteiger partial charge in [-0.2, -0.15) is 0 Å². The number of piperidine rings is 1. The molecule has 1 aliphatic rings. The summed E-state index contributed by atoms with van der Waals surface area (Å²) in [6.07, 6.45) is 2.72. The summed E-state index contributed by atoms with van der Waals surface area (Å²) in [6, 6.07) is 7.14. The summed E-state index contributed by atoms with van der Waals surface area (Å²) in [6.45, 7) is 7.02. The standard InChI is InChI=1S/C20H29N3O3/c1-4-14(3)21-19(25)15-10-12-23(13-11-15)20(26)16-6-8-17(9-7-16)22-18(24)5-2/h6-9,14-15H,4-5,10-13H2,1-3H3,(H,21,25)(H,22,24)/t14-/m1/s1. The topological polar surface area (TPSA) is 78.5 Å². The van der Waals surface area contributed by atoms with Crippen LogP contribution in [0.3, 0.4) is 0 Å². The van der Waals surface area contributed by atoms with E-state index in [1.165, 1.54) is 0 Å². The molecule has 3 amide bonds. The first-order chi connectivity index (χ1) is 12.4. The van der Waals surface area contributed by atoms with Crippen LogP contribution < -0.4 is 10.6 Å². The van der Waals surface area contributed by atoms with E-state index in [4.69, 9.17) is 0 Å². The monoisotopic (exact) mass is 359 g/mol.